The van der Waals surface area contributed by atoms with Crippen molar-refractivity contribution in [3.8, 4) is 95.5 Å². The molecule has 11 aromatic carbocycles. The van der Waals surface area contributed by atoms with Gasteiger partial charge in [-0.05, 0) is 157 Å². The number of imidazole rings is 1. The summed E-state index contributed by atoms with van der Waals surface area (Å²) in [5.41, 5.74) is -5.32. The molecule has 0 aliphatic rings. The predicted molar refractivity (Wildman–Crippen MR) is 338 cm³/mol. The van der Waals surface area contributed by atoms with Crippen molar-refractivity contribution in [2.24, 2.45) is 0 Å². The molecule has 0 amide bonds. The van der Waals surface area contributed by atoms with Crippen LogP contribution in [0.4, 0.5) is 0 Å². The van der Waals surface area contributed by atoms with Gasteiger partial charge in [0.15, 0.2) is 0 Å². The van der Waals surface area contributed by atoms with Gasteiger partial charge in [-0.25, -0.2) is 4.98 Å². The topological polar surface area (TPSA) is 35.9 Å². The van der Waals surface area contributed by atoms with Gasteiger partial charge in [0.1, 0.15) is 17.3 Å². The summed E-state index contributed by atoms with van der Waals surface area (Å²) in [6.07, 6.45) is 4.57. The van der Waals surface area contributed by atoms with E-state index in [1.54, 1.807) is 86.0 Å². The van der Waals surface area contributed by atoms with Crippen molar-refractivity contribution in [3.05, 3.63) is 296 Å². The van der Waals surface area contributed by atoms with Crippen LogP contribution in [0.2, 0.25) is 0 Å². The molecule has 0 spiro atoms. The lowest BCUT2D eigenvalue weighted by Crippen LogP contribution is -2.34. The van der Waals surface area contributed by atoms with E-state index in [0.717, 1.165) is 6.20 Å². The molecule has 5 heteroatoms. The molecule has 0 saturated carbocycles. The standard InChI is InChI=1S/C77H58N4O/c1-52-41-75(78-50-69(52)57-31-18-9-19-32-57)81-71-36-21-20-35-66(71)67-39-38-65(49-73(67)81)82-64-34-22-33-63(48-64)79-51-80(72-40-37-58(47-74(72)79)53-23-10-5-11-24-53)76-68(45-61(46-70(76)77(2,3)4)56-29-16-8-17-30-56)62-43-59(54-25-12-6-13-26-54)42-60(44-62)55-27-14-7-15-28-55/h5-50H,1-4H3/i1D3,5D,6D,7D,8D,9D,10D,11D,12D,13D,14D,15D,16D,17D,18D,19D,23D,24D,25D,26D,27D,28D,29D,30D,31D,32D,42D,43D,44D. The Balaban J connectivity index is 1.06. The van der Waals surface area contributed by atoms with Gasteiger partial charge in [-0.2, -0.15) is 0 Å². The highest BCUT2D eigenvalue weighted by molar-refractivity contribution is 6.09. The van der Waals surface area contributed by atoms with Crippen LogP contribution in [0.5, 0.6) is 11.5 Å². The Labute approximate surface area is 522 Å². The summed E-state index contributed by atoms with van der Waals surface area (Å²) in [5, 5.41) is 1.35. The summed E-state index contributed by atoms with van der Waals surface area (Å²) in [7, 11) is 0. The average molecular weight is 1090 g/mol. The van der Waals surface area contributed by atoms with E-state index in [1.165, 1.54) is 45.5 Å². The van der Waals surface area contributed by atoms with E-state index in [2.05, 4.69) is 6.33 Å². The fourth-order valence-corrected chi connectivity index (χ4v) is 10.0. The summed E-state index contributed by atoms with van der Waals surface area (Å²) in [5.74, 6) is 0.415. The maximum atomic E-state index is 10.5. The summed E-state index contributed by atoms with van der Waals surface area (Å²) in [6.45, 7) is 2.28. The van der Waals surface area contributed by atoms with Gasteiger partial charge < -0.3 is 4.74 Å². The minimum absolute atomic E-state index is 0.0630. The lowest BCUT2D eigenvalue weighted by molar-refractivity contribution is -0.572. The van der Waals surface area contributed by atoms with Gasteiger partial charge in [0.25, 0.3) is 6.33 Å². The minimum atomic E-state index is -2.92. The highest BCUT2D eigenvalue weighted by Gasteiger charge is 2.28. The fraction of sp³-hybridized carbons (Fsp3) is 0.0649. The van der Waals surface area contributed by atoms with Crippen LogP contribution in [0.25, 0.3) is 117 Å². The maximum Gasteiger partial charge on any atom is 0.269 e. The largest absolute Gasteiger partial charge is 0.458 e. The van der Waals surface area contributed by atoms with E-state index in [-0.39, 0.29) is 84.2 Å². The monoisotopic (exact) mass is 1090 g/mol. The predicted octanol–water partition coefficient (Wildman–Crippen LogP) is 19.6. The average Bonchev–Trinajstić information content (AvgIpc) is 1.70. The van der Waals surface area contributed by atoms with Crippen molar-refractivity contribution in [2.45, 2.75) is 33.0 Å². The Bertz CT molecular complexity index is 6310. The van der Waals surface area contributed by atoms with Gasteiger partial charge in [-0.3, -0.25) is 13.7 Å². The molecule has 5 nitrogen and oxygen atoms in total. The quantitative estimate of drug-likeness (QED) is 0.0956. The number of aromatic nitrogens is 4. The van der Waals surface area contributed by atoms with E-state index in [1.807, 2.05) is 6.07 Å². The first-order valence-electron chi connectivity index (χ1n) is 41.0. The molecule has 3 aromatic heterocycles. The Morgan fingerprint density at radius 2 is 1.06 bits per heavy atom. The maximum absolute atomic E-state index is 10.5. The van der Waals surface area contributed by atoms with Crippen LogP contribution in [0.1, 0.15) is 74.4 Å². The van der Waals surface area contributed by atoms with E-state index in [9.17, 15) is 12.3 Å². The lowest BCUT2D eigenvalue weighted by atomic mass is 9.80. The second-order valence-electron chi connectivity index (χ2n) is 19.9. The third-order valence-corrected chi connectivity index (χ3v) is 13.7. The molecule has 0 aliphatic heterocycles. The molecule has 3 heterocycles. The molecule has 0 fully saturated rings. The molecular weight excluding hydrogens is 997 g/mol. The van der Waals surface area contributed by atoms with Crippen molar-refractivity contribution in [1.29, 1.82) is 0 Å². The normalized spacial score (nSPS) is 17.1. The molecule has 0 atom stereocenters. The van der Waals surface area contributed by atoms with E-state index < -0.39 is 215 Å². The van der Waals surface area contributed by atoms with Gasteiger partial charge in [0, 0.05) is 32.7 Å². The summed E-state index contributed by atoms with van der Waals surface area (Å²) in [4.78, 5) is 4.70. The van der Waals surface area contributed by atoms with Crippen LogP contribution in [0.3, 0.4) is 0 Å². The van der Waals surface area contributed by atoms with Gasteiger partial charge in [0.05, 0.1) is 71.8 Å². The number of rotatable bonds is 11. The van der Waals surface area contributed by atoms with Crippen LogP contribution in [-0.4, -0.2) is 14.1 Å². The highest BCUT2D eigenvalue weighted by Crippen LogP contribution is 2.43. The smallest absolute Gasteiger partial charge is 0.269 e. The zero-order chi connectivity index (χ0) is 82.2. The number of pyridine rings is 1. The van der Waals surface area contributed by atoms with E-state index in [4.69, 9.17) is 39.9 Å². The number of fused-ring (bicyclic) bond motifs is 4. The number of benzene rings is 11. The molecular formula is C77H58N4O. The third kappa shape index (κ3) is 9.32. The molecule has 0 aliphatic carbocycles. The zero-order valence-electron chi connectivity index (χ0n) is 74.6. The molecule has 0 radical (unpaired) electrons. The molecule has 14 aromatic rings. The second kappa shape index (κ2) is 20.7. The number of aryl methyl sites for hydroxylation is 1. The molecule has 0 unspecified atom stereocenters. The first kappa shape index (κ1) is 26.7. The van der Waals surface area contributed by atoms with Crippen LogP contribution >= 0.6 is 0 Å². The minimum Gasteiger partial charge on any atom is -0.458 e. The summed E-state index contributed by atoms with van der Waals surface area (Å²) in [6, 6.07) is 5.04. The molecule has 0 saturated heterocycles. The van der Waals surface area contributed by atoms with Crippen LogP contribution < -0.4 is 9.30 Å². The lowest BCUT2D eigenvalue weighted by Gasteiger charge is -2.28. The Kier molecular flexibility index (Phi) is 6.75. The van der Waals surface area contributed by atoms with Crippen molar-refractivity contribution < 1.29 is 51.8 Å². The number of para-hydroxylation sites is 1. The van der Waals surface area contributed by atoms with Crippen molar-refractivity contribution in [2.75, 3.05) is 0 Å². The van der Waals surface area contributed by atoms with Crippen molar-refractivity contribution in [3.63, 3.8) is 0 Å². The van der Waals surface area contributed by atoms with Gasteiger partial charge >= 0.3 is 0 Å². The molecule has 14 rings (SSSR count). The van der Waals surface area contributed by atoms with Crippen molar-refractivity contribution >= 4 is 32.8 Å². The van der Waals surface area contributed by atoms with Crippen molar-refractivity contribution in [1.82, 2.24) is 14.1 Å². The number of hydrogen-bond donors (Lipinski definition) is 0. The molecule has 82 heavy (non-hydrogen) atoms. The Morgan fingerprint density at radius 1 is 0.476 bits per heavy atom. The van der Waals surface area contributed by atoms with Gasteiger partial charge in [-0.15, -0.1) is 0 Å². The number of nitrogens with zero attached hydrogens (tertiary/aromatic N) is 4. The summed E-state index contributed by atoms with van der Waals surface area (Å²) >= 11 is 0. The summed E-state index contributed by atoms with van der Waals surface area (Å²) < 4.78 is 290. The Morgan fingerprint density at radius 3 is 1.71 bits per heavy atom. The van der Waals surface area contributed by atoms with E-state index >= 15 is 0 Å². The fourth-order valence-electron chi connectivity index (χ4n) is 10.0. The first-order valence-corrected chi connectivity index (χ1v) is 25.5. The zero-order valence-corrected chi connectivity index (χ0v) is 43.6. The van der Waals surface area contributed by atoms with Crippen LogP contribution in [0.15, 0.2) is 279 Å². The van der Waals surface area contributed by atoms with Crippen LogP contribution in [0, 0.1) is 13.2 Å². The first-order chi connectivity index (χ1) is 53.0. The van der Waals surface area contributed by atoms with Crippen LogP contribution in [-0.2, 0) is 5.41 Å². The molecule has 0 bridgehead atoms. The number of hydrogen-bond acceptors (Lipinski definition) is 2. The Hall–Kier alpha value is -10.4. The van der Waals surface area contributed by atoms with Gasteiger partial charge in [-0.1, -0.05) is 214 Å². The third-order valence-electron chi connectivity index (χ3n) is 13.7. The number of ether oxygens (including phenoxy) is 1. The van der Waals surface area contributed by atoms with Gasteiger partial charge in [0.2, 0.25) is 0 Å². The highest BCUT2D eigenvalue weighted by atomic mass is 16.5. The molecule has 0 N–H and O–H groups in total. The molecule has 392 valence electrons. The van der Waals surface area contributed by atoms with E-state index in [0.29, 0.717) is 21.8 Å². The second-order valence-corrected chi connectivity index (χ2v) is 19.9. The SMILES string of the molecule is [2H]c1c([2H])c([2H])c(-c2cc(-c3c([2H])c(-c4c([2H])c([2H])c([2H])c([2H])c4[2H])c([2H])c(-c4c([2H])c([2H])c([2H])c([2H])c4[2H])c3[2H])c(-[n+]3[c-]n(-c4cccc(Oc5ccc6c7ccccc7n(-c7cc(C([2H])([2H])[2H])c(-c8c([2H])c([2H])c([2H])c([2H])c8[2H])cn7)c6c5)c4)c4cc(-c5c([2H])c([2H])c([2H])c([2H])c5[2H])ccc43)c(C(C)(C)C)c2)c([2H])c1[2H].